The number of ether oxygens (including phenoxy) is 3. The van der Waals surface area contributed by atoms with Crippen LogP contribution in [0, 0.1) is 0 Å². The van der Waals surface area contributed by atoms with Gasteiger partial charge in [0, 0.05) is 19.2 Å². The molecule has 3 aromatic carbocycles. The molecule has 10 nitrogen and oxygen atoms in total. The zero-order valence-corrected chi connectivity index (χ0v) is 25.5. The third-order valence-corrected chi connectivity index (χ3v) is 8.43. The molecular formula is C31H39N3O7S. The first kappa shape index (κ1) is 32.3. The second kappa shape index (κ2) is 15.1. The zero-order chi connectivity index (χ0) is 30.7. The highest BCUT2D eigenvalue weighted by atomic mass is 32.2. The molecule has 226 valence electrons. The number of amides is 2. The molecule has 1 N–H and O–H groups in total. The van der Waals surface area contributed by atoms with Gasteiger partial charge in [0.25, 0.3) is 10.0 Å². The molecule has 0 bridgehead atoms. The molecule has 3 aromatic rings. The lowest BCUT2D eigenvalue weighted by molar-refractivity contribution is -0.138. The van der Waals surface area contributed by atoms with E-state index < -0.39 is 28.5 Å². The fourth-order valence-electron chi connectivity index (χ4n) is 4.40. The Hall–Kier alpha value is -4.25. The van der Waals surface area contributed by atoms with Crippen molar-refractivity contribution in [2.45, 2.75) is 38.1 Å². The highest BCUT2D eigenvalue weighted by molar-refractivity contribution is 7.92. The molecule has 0 radical (unpaired) electrons. The number of carbonyl (C=O) groups excluding carboxylic acids is 2. The van der Waals surface area contributed by atoms with Gasteiger partial charge in [-0.3, -0.25) is 13.9 Å². The van der Waals surface area contributed by atoms with Crippen LogP contribution in [0.2, 0.25) is 0 Å². The Morgan fingerprint density at radius 3 is 2.17 bits per heavy atom. The van der Waals surface area contributed by atoms with E-state index in [0.717, 1.165) is 9.87 Å². The van der Waals surface area contributed by atoms with E-state index in [1.54, 1.807) is 38.1 Å². The maximum absolute atomic E-state index is 14.1. The lowest BCUT2D eigenvalue weighted by Crippen LogP contribution is -2.52. The Balaban J connectivity index is 2.03. The summed E-state index contributed by atoms with van der Waals surface area (Å²) >= 11 is 0. The minimum atomic E-state index is -4.28. The average Bonchev–Trinajstić information content (AvgIpc) is 3.00. The maximum Gasteiger partial charge on any atom is 0.264 e. The van der Waals surface area contributed by atoms with Gasteiger partial charge in [-0.25, -0.2) is 8.42 Å². The summed E-state index contributed by atoms with van der Waals surface area (Å²) in [6.07, 6.45) is 0.488. The van der Waals surface area contributed by atoms with Crippen LogP contribution in [0.3, 0.4) is 0 Å². The minimum absolute atomic E-state index is 0.0885. The number of anilines is 1. The summed E-state index contributed by atoms with van der Waals surface area (Å²) in [5, 5.41) is 2.76. The third-order valence-electron chi connectivity index (χ3n) is 6.66. The molecule has 0 aliphatic carbocycles. The summed E-state index contributed by atoms with van der Waals surface area (Å²) in [5.74, 6) is 0.302. The van der Waals surface area contributed by atoms with E-state index >= 15 is 0 Å². The first-order valence-corrected chi connectivity index (χ1v) is 15.2. The van der Waals surface area contributed by atoms with Crippen molar-refractivity contribution in [2.24, 2.45) is 0 Å². The maximum atomic E-state index is 14.1. The number of rotatable bonds is 15. The van der Waals surface area contributed by atoms with Gasteiger partial charge in [-0.15, -0.1) is 0 Å². The predicted octanol–water partition coefficient (Wildman–Crippen LogP) is 3.89. The van der Waals surface area contributed by atoms with Crippen LogP contribution in [0.5, 0.6) is 17.2 Å². The first-order valence-electron chi connectivity index (χ1n) is 13.7. The van der Waals surface area contributed by atoms with Gasteiger partial charge in [0.15, 0.2) is 11.5 Å². The number of methoxy groups -OCH3 is 2. The number of nitrogens with one attached hydrogen (secondary N) is 1. The van der Waals surface area contributed by atoms with E-state index in [-0.39, 0.29) is 28.8 Å². The Labute approximate surface area is 248 Å². The number of benzene rings is 3. The van der Waals surface area contributed by atoms with E-state index in [9.17, 15) is 18.0 Å². The number of sulfonamides is 1. The van der Waals surface area contributed by atoms with Crippen molar-refractivity contribution in [3.8, 4) is 17.2 Å². The topological polar surface area (TPSA) is 114 Å². The molecule has 0 unspecified atom stereocenters. The van der Waals surface area contributed by atoms with Gasteiger partial charge in [-0.1, -0.05) is 30.3 Å². The van der Waals surface area contributed by atoms with Gasteiger partial charge in [-0.05, 0) is 69.2 Å². The molecule has 0 aromatic heterocycles. The van der Waals surface area contributed by atoms with Crippen LogP contribution in [0.25, 0.3) is 0 Å². The summed E-state index contributed by atoms with van der Waals surface area (Å²) < 4.78 is 45.4. The average molecular weight is 598 g/mol. The standard InChI is InChI=1S/C31H39N3O7S/c1-6-32-31(36)23(3)33(20-19-24-11-9-8-10-12-24)30(35)22-34(25-13-15-26(16-14-25)41-7-2)42(37,38)27-17-18-28(39-4)29(21-27)40-5/h8-18,21,23H,6-7,19-20,22H2,1-5H3,(H,32,36)/t23-/m0/s1. The molecule has 0 saturated carbocycles. The van der Waals surface area contributed by atoms with Crippen molar-refractivity contribution in [1.29, 1.82) is 0 Å². The Kier molecular flexibility index (Phi) is 11.6. The number of hydrogen-bond donors (Lipinski definition) is 1. The predicted molar refractivity (Wildman–Crippen MR) is 162 cm³/mol. The van der Waals surface area contributed by atoms with Gasteiger partial charge in [0.2, 0.25) is 11.8 Å². The summed E-state index contributed by atoms with van der Waals surface area (Å²) in [4.78, 5) is 28.1. The van der Waals surface area contributed by atoms with Crippen LogP contribution in [0.1, 0.15) is 26.3 Å². The van der Waals surface area contributed by atoms with Crippen molar-refractivity contribution in [3.05, 3.63) is 78.4 Å². The zero-order valence-electron chi connectivity index (χ0n) is 24.7. The molecule has 0 fully saturated rings. The van der Waals surface area contributed by atoms with E-state index in [1.165, 1.54) is 37.3 Å². The molecule has 0 saturated heterocycles. The highest BCUT2D eigenvalue weighted by Gasteiger charge is 2.32. The highest BCUT2D eigenvalue weighted by Crippen LogP contribution is 2.33. The van der Waals surface area contributed by atoms with Crippen molar-refractivity contribution >= 4 is 27.5 Å². The fraction of sp³-hybridized carbons (Fsp3) is 0.355. The Morgan fingerprint density at radius 2 is 1.57 bits per heavy atom. The third kappa shape index (κ3) is 7.94. The number of carbonyl (C=O) groups is 2. The number of hydrogen-bond acceptors (Lipinski definition) is 7. The van der Waals surface area contributed by atoms with Crippen LogP contribution < -0.4 is 23.8 Å². The molecule has 3 rings (SSSR count). The molecule has 0 heterocycles. The second-order valence-electron chi connectivity index (χ2n) is 9.35. The van der Waals surface area contributed by atoms with Crippen LogP contribution >= 0.6 is 0 Å². The van der Waals surface area contributed by atoms with Crippen LogP contribution in [-0.2, 0) is 26.0 Å². The Morgan fingerprint density at radius 1 is 0.905 bits per heavy atom. The van der Waals surface area contributed by atoms with Crippen LogP contribution in [-0.4, -0.2) is 71.6 Å². The molecular weight excluding hydrogens is 558 g/mol. The first-order chi connectivity index (χ1) is 20.2. The Bertz CT molecular complexity index is 1430. The van der Waals surface area contributed by atoms with Gasteiger partial charge in [0.1, 0.15) is 18.3 Å². The van der Waals surface area contributed by atoms with E-state index in [0.29, 0.717) is 31.1 Å². The van der Waals surface area contributed by atoms with E-state index in [1.807, 2.05) is 37.3 Å². The molecule has 0 aliphatic heterocycles. The summed E-state index contributed by atoms with van der Waals surface area (Å²) in [7, 11) is -1.41. The lowest BCUT2D eigenvalue weighted by Gasteiger charge is -2.32. The second-order valence-corrected chi connectivity index (χ2v) is 11.2. The fourth-order valence-corrected chi connectivity index (χ4v) is 5.83. The van der Waals surface area contributed by atoms with E-state index in [4.69, 9.17) is 14.2 Å². The van der Waals surface area contributed by atoms with Crippen LogP contribution in [0.15, 0.2) is 77.7 Å². The van der Waals surface area contributed by atoms with Crippen molar-refractivity contribution in [3.63, 3.8) is 0 Å². The van der Waals surface area contributed by atoms with Crippen molar-refractivity contribution in [2.75, 3.05) is 44.8 Å². The smallest absolute Gasteiger partial charge is 0.264 e. The van der Waals surface area contributed by atoms with Crippen LogP contribution in [0.4, 0.5) is 5.69 Å². The van der Waals surface area contributed by atoms with Gasteiger partial charge >= 0.3 is 0 Å². The van der Waals surface area contributed by atoms with Crippen molar-refractivity contribution in [1.82, 2.24) is 10.2 Å². The SMILES string of the molecule is CCNC(=O)[C@H](C)N(CCc1ccccc1)C(=O)CN(c1ccc(OCC)cc1)S(=O)(=O)c1ccc(OC)c(OC)c1. The summed E-state index contributed by atoms with van der Waals surface area (Å²) in [6.45, 7) is 5.80. The summed E-state index contributed by atoms with van der Waals surface area (Å²) in [6, 6.07) is 19.4. The van der Waals surface area contributed by atoms with Gasteiger partial charge < -0.3 is 24.4 Å². The van der Waals surface area contributed by atoms with Crippen molar-refractivity contribution < 1.29 is 32.2 Å². The normalized spacial score (nSPS) is 11.7. The largest absolute Gasteiger partial charge is 0.494 e. The molecule has 0 aliphatic rings. The number of likely N-dealkylation sites (N-methyl/N-ethyl adjacent to an activating group) is 1. The lowest BCUT2D eigenvalue weighted by atomic mass is 10.1. The minimum Gasteiger partial charge on any atom is -0.494 e. The number of nitrogens with zero attached hydrogens (tertiary/aromatic N) is 2. The molecule has 2 amide bonds. The van der Waals surface area contributed by atoms with Gasteiger partial charge in [0.05, 0.1) is 31.4 Å². The quantitative estimate of drug-likeness (QED) is 0.283. The molecule has 42 heavy (non-hydrogen) atoms. The van der Waals surface area contributed by atoms with Gasteiger partial charge in [-0.2, -0.15) is 0 Å². The van der Waals surface area contributed by atoms with E-state index in [2.05, 4.69) is 5.32 Å². The molecule has 0 spiro atoms. The summed E-state index contributed by atoms with van der Waals surface area (Å²) in [5.41, 5.74) is 1.25. The molecule has 1 atom stereocenters. The molecule has 11 heteroatoms. The monoisotopic (exact) mass is 597 g/mol.